The van der Waals surface area contributed by atoms with Gasteiger partial charge in [-0.2, -0.15) is 0 Å². The van der Waals surface area contributed by atoms with Crippen LogP contribution in [0.3, 0.4) is 0 Å². The van der Waals surface area contributed by atoms with E-state index >= 15 is 0 Å². The third-order valence-corrected chi connectivity index (χ3v) is 5.73. The van der Waals surface area contributed by atoms with Gasteiger partial charge in [-0.25, -0.2) is 9.59 Å². The number of ketones is 1. The topological polar surface area (TPSA) is 120 Å². The minimum absolute atomic E-state index is 0.0186. The zero-order valence-corrected chi connectivity index (χ0v) is 20.8. The monoisotopic (exact) mass is 494 g/mol. The highest BCUT2D eigenvalue weighted by Crippen LogP contribution is 2.29. The average molecular weight is 495 g/mol. The number of nitrogens with one attached hydrogen (secondary N) is 2. The van der Waals surface area contributed by atoms with Gasteiger partial charge in [-0.1, -0.05) is 29.8 Å². The lowest BCUT2D eigenvalue weighted by atomic mass is 9.95. The van der Waals surface area contributed by atoms with E-state index in [1.807, 2.05) is 26.0 Å². The van der Waals surface area contributed by atoms with Crippen molar-refractivity contribution in [3.8, 4) is 5.75 Å². The van der Waals surface area contributed by atoms with Crippen LogP contribution < -0.4 is 15.4 Å². The summed E-state index contributed by atoms with van der Waals surface area (Å²) in [5, 5.41) is 5.26. The second-order valence-electron chi connectivity index (χ2n) is 8.32. The molecule has 2 amide bonds. The van der Waals surface area contributed by atoms with E-state index < -0.39 is 24.0 Å². The first-order chi connectivity index (χ1) is 17.2. The number of carbonyl (C=O) groups excluding carboxylic acids is 4. The molecule has 9 heteroatoms. The van der Waals surface area contributed by atoms with E-state index in [0.717, 1.165) is 11.1 Å². The summed E-state index contributed by atoms with van der Waals surface area (Å²) < 4.78 is 15.7. The Morgan fingerprint density at radius 2 is 1.69 bits per heavy atom. The van der Waals surface area contributed by atoms with E-state index in [-0.39, 0.29) is 43.1 Å². The van der Waals surface area contributed by atoms with E-state index in [4.69, 9.17) is 14.2 Å². The molecule has 9 nitrogen and oxygen atoms in total. The van der Waals surface area contributed by atoms with Crippen LogP contribution in [-0.2, 0) is 19.1 Å². The maximum atomic E-state index is 12.8. The number of aryl methyl sites for hydroxylation is 2. The first-order valence-electron chi connectivity index (χ1n) is 11.6. The molecule has 1 aliphatic rings. The summed E-state index contributed by atoms with van der Waals surface area (Å²) in [4.78, 5) is 50.2. The van der Waals surface area contributed by atoms with Gasteiger partial charge in [0.05, 0.1) is 37.4 Å². The number of ether oxygens (including phenoxy) is 3. The zero-order chi connectivity index (χ0) is 26.2. The summed E-state index contributed by atoms with van der Waals surface area (Å²) in [6.45, 7) is 5.17. The second kappa shape index (κ2) is 12.0. The molecule has 0 bridgehead atoms. The van der Waals surface area contributed by atoms with Gasteiger partial charge in [0, 0.05) is 12.0 Å². The van der Waals surface area contributed by atoms with Crippen molar-refractivity contribution in [2.45, 2.75) is 39.7 Å². The lowest BCUT2D eigenvalue weighted by Gasteiger charge is -2.29. The molecule has 0 saturated carbocycles. The standard InChI is InChI=1S/C27H30N2O7/c1-5-35-26(32)24-21(28-27(33)29-25(24)18-8-10-19(34-4)11-9-18)15-36-23(31)13-12-22(30)20-14-16(2)6-7-17(20)3/h6-11,14,25H,5,12-13,15H2,1-4H3,(H2,28,29,33). The molecule has 190 valence electrons. The number of carbonyl (C=O) groups is 4. The van der Waals surface area contributed by atoms with Gasteiger partial charge in [-0.15, -0.1) is 0 Å². The highest BCUT2D eigenvalue weighted by atomic mass is 16.5. The maximum Gasteiger partial charge on any atom is 0.338 e. The molecule has 36 heavy (non-hydrogen) atoms. The van der Waals surface area contributed by atoms with Gasteiger partial charge < -0.3 is 24.8 Å². The minimum atomic E-state index is -0.816. The molecule has 1 aliphatic heterocycles. The molecule has 0 aliphatic carbocycles. The lowest BCUT2D eigenvalue weighted by molar-refractivity contribution is -0.143. The van der Waals surface area contributed by atoms with Gasteiger partial charge in [-0.3, -0.25) is 9.59 Å². The van der Waals surface area contributed by atoms with Crippen molar-refractivity contribution in [2.75, 3.05) is 20.3 Å². The molecule has 2 aromatic rings. The number of hydrogen-bond acceptors (Lipinski definition) is 7. The Morgan fingerprint density at radius 3 is 2.36 bits per heavy atom. The van der Waals surface area contributed by atoms with Crippen molar-refractivity contribution < 1.29 is 33.4 Å². The summed E-state index contributed by atoms with van der Waals surface area (Å²) in [5.74, 6) is -0.820. The maximum absolute atomic E-state index is 12.8. The highest BCUT2D eigenvalue weighted by Gasteiger charge is 2.34. The van der Waals surface area contributed by atoms with Gasteiger partial charge >= 0.3 is 18.0 Å². The summed E-state index contributed by atoms with van der Waals surface area (Å²) in [6, 6.07) is 11.1. The molecule has 0 aromatic heterocycles. The van der Waals surface area contributed by atoms with Crippen LogP contribution in [0.4, 0.5) is 4.79 Å². The molecule has 0 spiro atoms. The Kier molecular flexibility index (Phi) is 8.83. The van der Waals surface area contributed by atoms with Crippen LogP contribution in [0.15, 0.2) is 53.7 Å². The van der Waals surface area contributed by atoms with Crippen molar-refractivity contribution in [3.63, 3.8) is 0 Å². The third kappa shape index (κ3) is 6.50. The van der Waals surface area contributed by atoms with Crippen molar-refractivity contribution in [3.05, 3.63) is 76.0 Å². The van der Waals surface area contributed by atoms with Crippen LogP contribution in [0.5, 0.6) is 5.75 Å². The SMILES string of the molecule is CCOC(=O)C1=C(COC(=O)CCC(=O)c2cc(C)ccc2C)NC(=O)NC1c1ccc(OC)cc1. The van der Waals surface area contributed by atoms with E-state index in [1.54, 1.807) is 37.3 Å². The molecule has 0 radical (unpaired) electrons. The first-order valence-corrected chi connectivity index (χ1v) is 11.6. The number of amides is 2. The van der Waals surface area contributed by atoms with Crippen LogP contribution >= 0.6 is 0 Å². The molecule has 0 saturated heterocycles. The minimum Gasteiger partial charge on any atom is -0.497 e. The van der Waals surface area contributed by atoms with Crippen molar-refractivity contribution in [1.29, 1.82) is 0 Å². The van der Waals surface area contributed by atoms with Gasteiger partial charge in [0.1, 0.15) is 12.4 Å². The number of urea groups is 1. The Bertz CT molecular complexity index is 1190. The summed E-state index contributed by atoms with van der Waals surface area (Å²) in [6.07, 6.45) is -0.155. The first kappa shape index (κ1) is 26.5. The lowest BCUT2D eigenvalue weighted by Crippen LogP contribution is -2.47. The fraction of sp³-hybridized carbons (Fsp3) is 0.333. The van der Waals surface area contributed by atoms with Crippen LogP contribution in [0.25, 0.3) is 0 Å². The molecule has 1 heterocycles. The van der Waals surface area contributed by atoms with E-state index in [2.05, 4.69) is 10.6 Å². The van der Waals surface area contributed by atoms with Crippen LogP contribution in [-0.4, -0.2) is 44.1 Å². The van der Waals surface area contributed by atoms with Gasteiger partial charge in [0.2, 0.25) is 0 Å². The Morgan fingerprint density at radius 1 is 0.972 bits per heavy atom. The largest absolute Gasteiger partial charge is 0.497 e. The average Bonchev–Trinajstić information content (AvgIpc) is 2.87. The van der Waals surface area contributed by atoms with E-state index in [9.17, 15) is 19.2 Å². The predicted molar refractivity (Wildman–Crippen MR) is 132 cm³/mol. The number of hydrogen-bond donors (Lipinski definition) is 2. The molecule has 2 aromatic carbocycles. The molecule has 2 N–H and O–H groups in total. The summed E-state index contributed by atoms with van der Waals surface area (Å²) in [7, 11) is 1.54. The van der Waals surface area contributed by atoms with Crippen molar-refractivity contribution in [2.24, 2.45) is 0 Å². The van der Waals surface area contributed by atoms with Crippen molar-refractivity contribution >= 4 is 23.8 Å². The Hall–Kier alpha value is -4.14. The zero-order valence-electron chi connectivity index (χ0n) is 20.8. The predicted octanol–water partition coefficient (Wildman–Crippen LogP) is 3.69. The second-order valence-corrected chi connectivity index (χ2v) is 8.32. The van der Waals surface area contributed by atoms with Gasteiger partial charge in [0.25, 0.3) is 0 Å². The van der Waals surface area contributed by atoms with Crippen LogP contribution in [0.2, 0.25) is 0 Å². The molecule has 1 atom stereocenters. The van der Waals surface area contributed by atoms with Crippen LogP contribution in [0.1, 0.15) is 52.9 Å². The smallest absolute Gasteiger partial charge is 0.338 e. The Balaban J connectivity index is 1.74. The highest BCUT2D eigenvalue weighted by molar-refractivity contribution is 5.99. The summed E-state index contributed by atoms with van der Waals surface area (Å²) in [5.41, 5.74) is 3.23. The fourth-order valence-corrected chi connectivity index (χ4v) is 3.84. The van der Waals surface area contributed by atoms with Crippen LogP contribution in [0, 0.1) is 13.8 Å². The molecular formula is C27H30N2O7. The quantitative estimate of drug-likeness (QED) is 0.382. The van der Waals surface area contributed by atoms with Gasteiger partial charge in [0.15, 0.2) is 5.78 Å². The molecule has 3 rings (SSSR count). The fourth-order valence-electron chi connectivity index (χ4n) is 3.84. The molecular weight excluding hydrogens is 464 g/mol. The third-order valence-electron chi connectivity index (χ3n) is 5.73. The van der Waals surface area contributed by atoms with Crippen molar-refractivity contribution in [1.82, 2.24) is 10.6 Å². The van der Waals surface area contributed by atoms with E-state index in [0.29, 0.717) is 16.9 Å². The van der Waals surface area contributed by atoms with Gasteiger partial charge in [-0.05, 0) is 50.1 Å². The molecule has 0 fully saturated rings. The number of benzene rings is 2. The normalized spacial score (nSPS) is 15.0. The number of methoxy groups -OCH3 is 1. The number of esters is 2. The number of rotatable bonds is 10. The van der Waals surface area contributed by atoms with E-state index in [1.165, 1.54) is 7.11 Å². The Labute approximate surface area is 209 Å². The molecule has 1 unspecified atom stereocenters. The number of Topliss-reactive ketones (excluding diaryl/α,β-unsaturated/α-hetero) is 1. The summed E-state index contributed by atoms with van der Waals surface area (Å²) >= 11 is 0.